The number of likely N-dealkylation sites (N-methyl/N-ethyl adjacent to an activating group) is 1. The van der Waals surface area contributed by atoms with E-state index < -0.39 is 35.6 Å². The Kier molecular flexibility index (Phi) is 6.66. The molecule has 0 aliphatic heterocycles. The van der Waals surface area contributed by atoms with Gasteiger partial charge in [-0.2, -0.15) is 0 Å². The number of hydrogen-bond donors (Lipinski definition) is 1. The average molecular weight is 304 g/mol. The molecular formula is C14H22F2N2O3. The Labute approximate surface area is 123 Å². The highest BCUT2D eigenvalue weighted by Gasteiger charge is 2.38. The van der Waals surface area contributed by atoms with Crippen molar-refractivity contribution in [1.29, 1.82) is 0 Å². The Balaban J connectivity index is 5.32. The van der Waals surface area contributed by atoms with Crippen molar-refractivity contribution >= 4 is 17.7 Å². The van der Waals surface area contributed by atoms with E-state index in [-0.39, 0.29) is 12.1 Å². The van der Waals surface area contributed by atoms with Gasteiger partial charge in [0.2, 0.25) is 11.8 Å². The van der Waals surface area contributed by atoms with Crippen molar-refractivity contribution in [1.82, 2.24) is 10.2 Å². The molecule has 0 fully saturated rings. The maximum atomic E-state index is 13.0. The molecule has 0 radical (unpaired) electrons. The second-order valence-electron chi connectivity index (χ2n) is 5.70. The van der Waals surface area contributed by atoms with Gasteiger partial charge in [0.05, 0.1) is 0 Å². The number of nitrogens with one attached hydrogen (secondary N) is 1. The van der Waals surface area contributed by atoms with Gasteiger partial charge in [0.1, 0.15) is 0 Å². The van der Waals surface area contributed by atoms with Gasteiger partial charge in [0.15, 0.2) is 6.04 Å². The molecule has 0 heterocycles. The van der Waals surface area contributed by atoms with Crippen molar-refractivity contribution in [2.75, 3.05) is 6.54 Å². The Hall–Kier alpha value is -1.79. The second kappa shape index (κ2) is 7.28. The molecule has 0 rings (SSSR count). The molecule has 0 aromatic heterocycles. The van der Waals surface area contributed by atoms with Crippen LogP contribution < -0.4 is 5.32 Å². The fraction of sp³-hybridized carbons (Fsp3) is 0.643. The number of carbonyl (C=O) groups is 3. The highest BCUT2D eigenvalue weighted by molar-refractivity contribution is 6.02. The number of amides is 3. The summed E-state index contributed by atoms with van der Waals surface area (Å²) < 4.78 is 26.1. The first kappa shape index (κ1) is 19.2. The highest BCUT2D eigenvalue weighted by atomic mass is 19.3. The van der Waals surface area contributed by atoms with E-state index in [0.29, 0.717) is 0 Å². The summed E-state index contributed by atoms with van der Waals surface area (Å²) in [7, 11) is 0. The summed E-state index contributed by atoms with van der Waals surface area (Å²) in [5.41, 5.74) is -0.893. The van der Waals surface area contributed by atoms with Crippen molar-refractivity contribution in [2.45, 2.75) is 47.1 Å². The Morgan fingerprint density at radius 3 is 2.00 bits per heavy atom. The molecule has 7 heteroatoms. The summed E-state index contributed by atoms with van der Waals surface area (Å²) in [5.74, 6) is -2.56. The van der Waals surface area contributed by atoms with E-state index in [4.69, 9.17) is 0 Å². The van der Waals surface area contributed by atoms with Crippen LogP contribution in [0.1, 0.15) is 34.6 Å². The van der Waals surface area contributed by atoms with Crippen LogP contribution in [0.5, 0.6) is 0 Å². The molecule has 21 heavy (non-hydrogen) atoms. The van der Waals surface area contributed by atoms with Crippen LogP contribution in [0.2, 0.25) is 0 Å². The quantitative estimate of drug-likeness (QED) is 0.787. The molecule has 0 saturated carbocycles. The number of alkyl halides is 2. The number of carbonyl (C=O) groups excluding carboxylic acids is 3. The van der Waals surface area contributed by atoms with Gasteiger partial charge < -0.3 is 5.32 Å². The zero-order chi connectivity index (χ0) is 17.0. The van der Waals surface area contributed by atoms with Gasteiger partial charge in [-0.25, -0.2) is 8.78 Å². The molecule has 1 unspecified atom stereocenters. The molecule has 120 valence electrons. The maximum absolute atomic E-state index is 13.0. The van der Waals surface area contributed by atoms with E-state index in [2.05, 4.69) is 6.58 Å². The SMILES string of the molecule is C=C(C)C(=O)NC(C(=O)N(CC)C(=O)C(C)(C)C)C(F)F. The van der Waals surface area contributed by atoms with Gasteiger partial charge in [-0.1, -0.05) is 27.4 Å². The van der Waals surface area contributed by atoms with E-state index in [1.165, 1.54) is 13.8 Å². The largest absolute Gasteiger partial charge is 0.336 e. The summed E-state index contributed by atoms with van der Waals surface area (Å²) in [6.07, 6.45) is -3.12. The Morgan fingerprint density at radius 2 is 1.71 bits per heavy atom. The van der Waals surface area contributed by atoms with Gasteiger partial charge in [-0.3, -0.25) is 19.3 Å². The summed E-state index contributed by atoms with van der Waals surface area (Å²) in [6.45, 7) is 10.8. The normalized spacial score (nSPS) is 12.8. The van der Waals surface area contributed by atoms with Crippen molar-refractivity contribution in [2.24, 2.45) is 5.41 Å². The number of hydrogen-bond acceptors (Lipinski definition) is 3. The van der Waals surface area contributed by atoms with Crippen molar-refractivity contribution in [3.63, 3.8) is 0 Å². The van der Waals surface area contributed by atoms with Crippen LogP contribution in [-0.4, -0.2) is 41.6 Å². The number of rotatable bonds is 5. The van der Waals surface area contributed by atoms with E-state index >= 15 is 0 Å². The minimum Gasteiger partial charge on any atom is -0.336 e. The molecule has 0 aromatic rings. The Morgan fingerprint density at radius 1 is 1.24 bits per heavy atom. The lowest BCUT2D eigenvalue weighted by Crippen LogP contribution is -2.55. The molecule has 0 aromatic carbocycles. The van der Waals surface area contributed by atoms with Gasteiger partial charge in [-0.05, 0) is 13.8 Å². The first-order chi connectivity index (χ1) is 9.43. The lowest BCUT2D eigenvalue weighted by atomic mass is 9.94. The molecule has 0 spiro atoms. The van der Waals surface area contributed by atoms with Gasteiger partial charge in [0.25, 0.3) is 12.3 Å². The maximum Gasteiger partial charge on any atom is 0.267 e. The molecule has 0 saturated heterocycles. The highest BCUT2D eigenvalue weighted by Crippen LogP contribution is 2.19. The first-order valence-electron chi connectivity index (χ1n) is 6.53. The van der Waals surface area contributed by atoms with Gasteiger partial charge in [-0.15, -0.1) is 0 Å². The summed E-state index contributed by atoms with van der Waals surface area (Å²) in [5, 5.41) is 1.90. The van der Waals surface area contributed by atoms with E-state index in [0.717, 1.165) is 4.90 Å². The molecule has 1 N–H and O–H groups in total. The predicted octanol–water partition coefficient (Wildman–Crippen LogP) is 1.73. The van der Waals surface area contributed by atoms with Crippen LogP contribution >= 0.6 is 0 Å². The zero-order valence-electron chi connectivity index (χ0n) is 13.0. The first-order valence-corrected chi connectivity index (χ1v) is 6.53. The number of imide groups is 1. The van der Waals surface area contributed by atoms with Crippen LogP contribution in [0.25, 0.3) is 0 Å². The van der Waals surface area contributed by atoms with E-state index in [1.54, 1.807) is 20.8 Å². The third-order valence-electron chi connectivity index (χ3n) is 2.66. The van der Waals surface area contributed by atoms with Crippen molar-refractivity contribution in [3.05, 3.63) is 12.2 Å². The van der Waals surface area contributed by atoms with Crippen LogP contribution in [0.4, 0.5) is 8.78 Å². The molecule has 0 aliphatic rings. The zero-order valence-corrected chi connectivity index (χ0v) is 13.0. The Bertz CT molecular complexity index is 442. The van der Waals surface area contributed by atoms with Crippen molar-refractivity contribution < 1.29 is 23.2 Å². The molecular weight excluding hydrogens is 282 g/mol. The molecule has 0 aliphatic carbocycles. The van der Waals surface area contributed by atoms with Crippen LogP contribution in [0, 0.1) is 5.41 Å². The second-order valence-corrected chi connectivity index (χ2v) is 5.70. The topological polar surface area (TPSA) is 66.5 Å². The average Bonchev–Trinajstić information content (AvgIpc) is 2.34. The molecule has 0 bridgehead atoms. The van der Waals surface area contributed by atoms with Crippen LogP contribution in [0.15, 0.2) is 12.2 Å². The van der Waals surface area contributed by atoms with Gasteiger partial charge in [0, 0.05) is 17.5 Å². The minimum absolute atomic E-state index is 0.00125. The minimum atomic E-state index is -3.12. The standard InChI is InChI=1S/C14H22F2N2O3/c1-7-18(13(21)14(4,5)6)12(20)9(10(15)16)17-11(19)8(2)3/h9-10H,2,7H2,1,3-6H3,(H,17,19). The third kappa shape index (κ3) is 5.24. The fourth-order valence-electron chi connectivity index (χ4n) is 1.47. The monoisotopic (exact) mass is 304 g/mol. The summed E-state index contributed by atoms with van der Waals surface area (Å²) >= 11 is 0. The number of nitrogens with zero attached hydrogens (tertiary/aromatic N) is 1. The lowest BCUT2D eigenvalue weighted by molar-refractivity contribution is -0.154. The van der Waals surface area contributed by atoms with Crippen molar-refractivity contribution in [3.8, 4) is 0 Å². The molecule has 3 amide bonds. The fourth-order valence-corrected chi connectivity index (χ4v) is 1.47. The number of halogens is 2. The van der Waals surface area contributed by atoms with Crippen LogP contribution in [-0.2, 0) is 14.4 Å². The molecule has 1 atom stereocenters. The lowest BCUT2D eigenvalue weighted by Gasteiger charge is -2.30. The van der Waals surface area contributed by atoms with E-state index in [1.807, 2.05) is 5.32 Å². The molecule has 5 nitrogen and oxygen atoms in total. The van der Waals surface area contributed by atoms with Gasteiger partial charge >= 0.3 is 0 Å². The third-order valence-corrected chi connectivity index (χ3v) is 2.66. The van der Waals surface area contributed by atoms with E-state index in [9.17, 15) is 23.2 Å². The summed E-state index contributed by atoms with van der Waals surface area (Å²) in [6, 6.07) is -2.07. The predicted molar refractivity (Wildman–Crippen MR) is 74.6 cm³/mol. The smallest absolute Gasteiger partial charge is 0.267 e. The summed E-state index contributed by atoms with van der Waals surface area (Å²) in [4.78, 5) is 36.4. The van der Waals surface area contributed by atoms with Crippen LogP contribution in [0.3, 0.4) is 0 Å².